The summed E-state index contributed by atoms with van der Waals surface area (Å²) in [6.45, 7) is 5.25. The number of nitrogens with one attached hydrogen (secondary N) is 1. The highest BCUT2D eigenvalue weighted by Gasteiger charge is 2.43. The van der Waals surface area contributed by atoms with Crippen LogP contribution in [0.15, 0.2) is 24.3 Å². The van der Waals surface area contributed by atoms with Crippen LogP contribution in [0.5, 0.6) is 0 Å². The number of hydrogen-bond acceptors (Lipinski definition) is 2. The molecule has 1 N–H and O–H groups in total. The molecule has 1 aliphatic heterocycles. The average molecular weight is 307 g/mol. The highest BCUT2D eigenvalue weighted by Crippen LogP contribution is 2.41. The van der Waals surface area contributed by atoms with Crippen molar-refractivity contribution in [1.82, 2.24) is 10.2 Å². The third-order valence-corrected chi connectivity index (χ3v) is 4.94. The summed E-state index contributed by atoms with van der Waals surface area (Å²) in [4.78, 5) is 14.7. The molecule has 4 atom stereocenters. The average Bonchev–Trinajstić information content (AvgIpc) is 3.07. The second-order valence-corrected chi connectivity index (χ2v) is 6.87. The molecule has 0 spiro atoms. The molecule has 1 aromatic carbocycles. The van der Waals surface area contributed by atoms with Crippen LogP contribution in [0.1, 0.15) is 44.8 Å². The van der Waals surface area contributed by atoms with E-state index in [1.165, 1.54) is 6.42 Å². The first-order valence-electron chi connectivity index (χ1n) is 7.92. The Hall–Kier alpha value is -1.06. The Labute approximate surface area is 131 Å². The highest BCUT2D eigenvalue weighted by molar-refractivity contribution is 6.30. The summed E-state index contributed by atoms with van der Waals surface area (Å²) in [6, 6.07) is 7.79. The monoisotopic (exact) mass is 306 g/mol. The van der Waals surface area contributed by atoms with Gasteiger partial charge in [0, 0.05) is 11.6 Å². The molecule has 4 unspecified atom stereocenters. The quantitative estimate of drug-likeness (QED) is 0.901. The first-order chi connectivity index (χ1) is 10.1. The van der Waals surface area contributed by atoms with Crippen LogP contribution in [-0.2, 0) is 4.79 Å². The van der Waals surface area contributed by atoms with Crippen LogP contribution in [0.4, 0.5) is 0 Å². The van der Waals surface area contributed by atoms with Gasteiger partial charge in [-0.25, -0.2) is 0 Å². The van der Waals surface area contributed by atoms with E-state index >= 15 is 0 Å². The lowest BCUT2D eigenvalue weighted by Crippen LogP contribution is -2.33. The van der Waals surface area contributed by atoms with Crippen molar-refractivity contribution in [2.45, 2.75) is 45.3 Å². The third kappa shape index (κ3) is 3.09. The fourth-order valence-electron chi connectivity index (χ4n) is 3.23. The van der Waals surface area contributed by atoms with Crippen LogP contribution in [-0.4, -0.2) is 23.4 Å². The van der Waals surface area contributed by atoms with Gasteiger partial charge >= 0.3 is 0 Å². The Morgan fingerprint density at radius 3 is 2.81 bits per heavy atom. The molecule has 1 saturated heterocycles. The topological polar surface area (TPSA) is 32.3 Å². The van der Waals surface area contributed by atoms with E-state index in [-0.39, 0.29) is 18.1 Å². The van der Waals surface area contributed by atoms with Crippen molar-refractivity contribution in [3.05, 3.63) is 34.9 Å². The van der Waals surface area contributed by atoms with Crippen LogP contribution in [0.25, 0.3) is 0 Å². The van der Waals surface area contributed by atoms with Gasteiger partial charge in [-0.3, -0.25) is 10.1 Å². The zero-order valence-corrected chi connectivity index (χ0v) is 13.4. The fraction of sp³-hybridized carbons (Fsp3) is 0.588. The van der Waals surface area contributed by atoms with E-state index < -0.39 is 0 Å². The molecule has 1 amide bonds. The molecule has 4 heteroatoms. The zero-order chi connectivity index (χ0) is 15.0. The summed E-state index contributed by atoms with van der Waals surface area (Å²) < 4.78 is 0. The predicted molar refractivity (Wildman–Crippen MR) is 85.0 cm³/mol. The molecule has 1 saturated carbocycles. The lowest BCUT2D eigenvalue weighted by molar-refractivity contribution is -0.130. The molecule has 3 nitrogen and oxygen atoms in total. The maximum absolute atomic E-state index is 12.7. The number of hydrogen-bond donors (Lipinski definition) is 1. The summed E-state index contributed by atoms with van der Waals surface area (Å²) in [5.74, 6) is 1.67. The summed E-state index contributed by atoms with van der Waals surface area (Å²) in [7, 11) is 0. The molecule has 0 aromatic heterocycles. The molecule has 1 heterocycles. The van der Waals surface area contributed by atoms with Crippen molar-refractivity contribution in [3.8, 4) is 0 Å². The first-order valence-corrected chi connectivity index (χ1v) is 8.30. The minimum absolute atomic E-state index is 0.0273. The van der Waals surface area contributed by atoms with Gasteiger partial charge in [-0.2, -0.15) is 0 Å². The first kappa shape index (κ1) is 14.9. The largest absolute Gasteiger partial charge is 0.321 e. The van der Waals surface area contributed by atoms with Crippen molar-refractivity contribution >= 4 is 17.5 Å². The van der Waals surface area contributed by atoms with Crippen molar-refractivity contribution in [2.24, 2.45) is 11.8 Å². The van der Waals surface area contributed by atoms with Crippen LogP contribution in [0.3, 0.4) is 0 Å². The Balaban J connectivity index is 1.82. The van der Waals surface area contributed by atoms with Gasteiger partial charge in [-0.1, -0.05) is 44.0 Å². The van der Waals surface area contributed by atoms with Crippen molar-refractivity contribution in [3.63, 3.8) is 0 Å². The molecule has 0 bridgehead atoms. The standard InChI is InChI=1S/C17H23ClN2O/c1-3-5-15-17(21)20(10-13-8-11(13)2)16(19-15)12-6-4-7-14(18)9-12/h4,6-7,9,11,13,15-16,19H,3,5,8,10H2,1-2H3. The number of nitrogens with zero attached hydrogens (tertiary/aromatic N) is 1. The van der Waals surface area contributed by atoms with Gasteiger partial charge in [0.15, 0.2) is 0 Å². The Bertz CT molecular complexity index is 533. The summed E-state index contributed by atoms with van der Waals surface area (Å²) in [5.41, 5.74) is 1.09. The second kappa shape index (κ2) is 5.98. The molecule has 2 aliphatic rings. The van der Waals surface area contributed by atoms with Crippen molar-refractivity contribution in [2.75, 3.05) is 6.54 Å². The van der Waals surface area contributed by atoms with Crippen molar-refractivity contribution < 1.29 is 4.79 Å². The van der Waals surface area contributed by atoms with E-state index in [9.17, 15) is 4.79 Å². The third-order valence-electron chi connectivity index (χ3n) is 4.70. The predicted octanol–water partition coefficient (Wildman–Crippen LogP) is 3.60. The molecule has 2 fully saturated rings. The van der Waals surface area contributed by atoms with Gasteiger partial charge in [0.2, 0.25) is 5.91 Å². The van der Waals surface area contributed by atoms with Crippen LogP contribution in [0.2, 0.25) is 5.02 Å². The van der Waals surface area contributed by atoms with E-state index in [4.69, 9.17) is 11.6 Å². The lowest BCUT2D eigenvalue weighted by atomic mass is 10.1. The van der Waals surface area contributed by atoms with Gasteiger partial charge in [-0.05, 0) is 42.4 Å². The molecule has 21 heavy (non-hydrogen) atoms. The Morgan fingerprint density at radius 2 is 2.19 bits per heavy atom. The number of amides is 1. The van der Waals surface area contributed by atoms with Gasteiger partial charge in [0.1, 0.15) is 6.17 Å². The minimum atomic E-state index is -0.0481. The van der Waals surface area contributed by atoms with Crippen LogP contribution in [0, 0.1) is 11.8 Å². The molecule has 1 aromatic rings. The van der Waals surface area contributed by atoms with E-state index in [1.807, 2.05) is 23.1 Å². The maximum Gasteiger partial charge on any atom is 0.241 e. The van der Waals surface area contributed by atoms with Gasteiger partial charge in [0.05, 0.1) is 6.04 Å². The molecule has 1 aliphatic carbocycles. The van der Waals surface area contributed by atoms with E-state index in [0.29, 0.717) is 5.92 Å². The smallest absolute Gasteiger partial charge is 0.241 e. The molecular formula is C17H23ClN2O. The maximum atomic E-state index is 12.7. The van der Waals surface area contributed by atoms with Gasteiger partial charge in [-0.15, -0.1) is 0 Å². The molecule has 3 rings (SSSR count). The number of benzene rings is 1. The number of halogens is 1. The summed E-state index contributed by atoms with van der Waals surface area (Å²) >= 11 is 6.11. The summed E-state index contributed by atoms with van der Waals surface area (Å²) in [5, 5.41) is 4.22. The minimum Gasteiger partial charge on any atom is -0.321 e. The molecular weight excluding hydrogens is 284 g/mol. The normalized spacial score (nSPS) is 31.8. The van der Waals surface area contributed by atoms with Gasteiger partial charge in [0.25, 0.3) is 0 Å². The number of rotatable bonds is 5. The molecule has 0 radical (unpaired) electrons. The highest BCUT2D eigenvalue weighted by atomic mass is 35.5. The Morgan fingerprint density at radius 1 is 1.43 bits per heavy atom. The zero-order valence-electron chi connectivity index (χ0n) is 12.7. The SMILES string of the molecule is CCCC1NC(c2cccc(Cl)c2)N(CC2CC2C)C1=O. The van der Waals surface area contributed by atoms with E-state index in [0.717, 1.165) is 35.9 Å². The summed E-state index contributed by atoms with van der Waals surface area (Å²) in [6.07, 6.45) is 3.12. The second-order valence-electron chi connectivity index (χ2n) is 6.43. The van der Waals surface area contributed by atoms with Crippen molar-refractivity contribution in [1.29, 1.82) is 0 Å². The van der Waals surface area contributed by atoms with E-state index in [1.54, 1.807) is 0 Å². The fourth-order valence-corrected chi connectivity index (χ4v) is 3.43. The van der Waals surface area contributed by atoms with Gasteiger partial charge < -0.3 is 4.90 Å². The van der Waals surface area contributed by atoms with E-state index in [2.05, 4.69) is 25.2 Å². The van der Waals surface area contributed by atoms with Crippen LogP contribution >= 0.6 is 11.6 Å². The number of carbonyl (C=O) groups is 1. The Kier molecular flexibility index (Phi) is 4.23. The van der Waals surface area contributed by atoms with Crippen LogP contribution < -0.4 is 5.32 Å². The lowest BCUT2D eigenvalue weighted by Gasteiger charge is -2.25. The number of carbonyl (C=O) groups excluding carboxylic acids is 1. The molecule has 114 valence electrons.